The van der Waals surface area contributed by atoms with E-state index in [4.69, 9.17) is 9.47 Å². The number of rotatable bonds is 0. The number of halogens is 1. The minimum atomic E-state index is 0.148. The van der Waals surface area contributed by atoms with Gasteiger partial charge >= 0.3 is 0 Å². The van der Waals surface area contributed by atoms with Gasteiger partial charge in [0.2, 0.25) is 0 Å². The molecule has 3 rings (SSSR count). The minimum Gasteiger partial charge on any atom is -0.487 e. The molecule has 1 aromatic carbocycles. The van der Waals surface area contributed by atoms with Crippen LogP contribution in [-0.2, 0) is 4.74 Å². The molecule has 1 saturated heterocycles. The molecule has 1 aromatic rings. The van der Waals surface area contributed by atoms with Crippen molar-refractivity contribution in [1.29, 1.82) is 0 Å². The van der Waals surface area contributed by atoms with Crippen LogP contribution in [0.2, 0.25) is 0 Å². The molecule has 0 aliphatic carbocycles. The maximum atomic E-state index is 5.95. The maximum Gasteiger partial charge on any atom is 0.129 e. The van der Waals surface area contributed by atoms with Crippen molar-refractivity contribution in [3.63, 3.8) is 0 Å². The van der Waals surface area contributed by atoms with Gasteiger partial charge in [0, 0.05) is 22.6 Å². The maximum absolute atomic E-state index is 5.95. The average Bonchev–Trinajstić information content (AvgIpc) is 2.31. The van der Waals surface area contributed by atoms with E-state index in [9.17, 15) is 0 Å². The molecular weight excluding hydrogens is 268 g/mol. The zero-order valence-electron chi connectivity index (χ0n) is 8.91. The normalized spacial score (nSPS) is 27.9. The minimum absolute atomic E-state index is 0.148. The molecule has 2 unspecified atom stereocenters. The second kappa shape index (κ2) is 3.90. The van der Waals surface area contributed by atoms with Crippen LogP contribution in [0.5, 0.6) is 5.75 Å². The predicted molar refractivity (Wildman–Crippen MR) is 66.5 cm³/mol. The molecule has 2 aliphatic heterocycles. The third-order valence-corrected chi connectivity index (χ3v) is 3.81. The Hall–Kier alpha value is -0.800. The van der Waals surface area contributed by atoms with E-state index < -0.39 is 0 Å². The summed E-state index contributed by atoms with van der Waals surface area (Å²) in [5, 5.41) is 0. The van der Waals surface area contributed by atoms with Crippen molar-refractivity contribution in [2.45, 2.75) is 12.5 Å². The largest absolute Gasteiger partial charge is 0.487 e. The van der Waals surface area contributed by atoms with Gasteiger partial charge in [0.15, 0.2) is 0 Å². The van der Waals surface area contributed by atoms with Gasteiger partial charge in [-0.2, -0.15) is 0 Å². The highest BCUT2D eigenvalue weighted by Gasteiger charge is 2.35. The monoisotopic (exact) mass is 280 g/mol. The van der Waals surface area contributed by atoms with Crippen LogP contribution >= 0.6 is 15.9 Å². The Morgan fingerprint density at radius 1 is 1.38 bits per heavy atom. The summed E-state index contributed by atoms with van der Waals surface area (Å²) in [7, 11) is 0. The number of fused-ring (bicyclic) bond motifs is 2. The molecule has 16 heavy (non-hydrogen) atoms. The van der Waals surface area contributed by atoms with Crippen LogP contribution in [0, 0.1) is 5.92 Å². The van der Waals surface area contributed by atoms with Gasteiger partial charge in [0.05, 0.1) is 6.61 Å². The zero-order chi connectivity index (χ0) is 11.1. The molecule has 0 amide bonds. The molecule has 1 fully saturated rings. The molecular formula is C13H13BrO2. The molecule has 0 bridgehead atoms. The van der Waals surface area contributed by atoms with Gasteiger partial charge < -0.3 is 9.47 Å². The van der Waals surface area contributed by atoms with Crippen LogP contribution in [0.1, 0.15) is 12.0 Å². The van der Waals surface area contributed by atoms with Crippen molar-refractivity contribution in [3.05, 3.63) is 34.8 Å². The second-order valence-electron chi connectivity index (χ2n) is 4.29. The Morgan fingerprint density at radius 2 is 2.25 bits per heavy atom. The first-order valence-electron chi connectivity index (χ1n) is 5.49. The second-order valence-corrected chi connectivity index (χ2v) is 5.21. The van der Waals surface area contributed by atoms with Crippen molar-refractivity contribution in [3.8, 4) is 5.75 Å². The van der Waals surface area contributed by atoms with E-state index in [1.54, 1.807) is 0 Å². The molecule has 2 aliphatic rings. The van der Waals surface area contributed by atoms with Crippen LogP contribution in [0.4, 0.5) is 0 Å². The number of benzene rings is 1. The Labute approximate surface area is 103 Å². The van der Waals surface area contributed by atoms with Crippen molar-refractivity contribution in [2.75, 3.05) is 13.2 Å². The molecule has 2 atom stereocenters. The van der Waals surface area contributed by atoms with E-state index >= 15 is 0 Å². The molecule has 0 spiro atoms. The van der Waals surface area contributed by atoms with Crippen molar-refractivity contribution in [1.82, 2.24) is 0 Å². The van der Waals surface area contributed by atoms with Crippen LogP contribution in [0.15, 0.2) is 29.3 Å². The lowest BCUT2D eigenvalue weighted by Crippen LogP contribution is -2.40. The van der Waals surface area contributed by atoms with Crippen LogP contribution in [0.3, 0.4) is 0 Å². The summed E-state index contributed by atoms with van der Waals surface area (Å²) < 4.78 is 12.5. The van der Waals surface area contributed by atoms with E-state index in [1.165, 1.54) is 5.57 Å². The molecule has 2 heterocycles. The highest BCUT2D eigenvalue weighted by atomic mass is 79.9. The molecule has 0 N–H and O–H groups in total. The highest BCUT2D eigenvalue weighted by molar-refractivity contribution is 9.10. The van der Waals surface area contributed by atoms with Gasteiger partial charge in [-0.1, -0.05) is 22.5 Å². The van der Waals surface area contributed by atoms with Crippen molar-refractivity contribution < 1.29 is 9.47 Å². The van der Waals surface area contributed by atoms with Gasteiger partial charge in [-0.25, -0.2) is 0 Å². The predicted octanol–water partition coefficient (Wildman–Crippen LogP) is 3.26. The fraction of sp³-hybridized carbons (Fsp3) is 0.385. The zero-order valence-corrected chi connectivity index (χ0v) is 10.5. The number of hydrogen-bond acceptors (Lipinski definition) is 2. The quantitative estimate of drug-likeness (QED) is 0.726. The van der Waals surface area contributed by atoms with Crippen LogP contribution in [-0.4, -0.2) is 19.3 Å². The number of ether oxygens (including phenoxy) is 2. The molecule has 0 radical (unpaired) electrons. The summed E-state index contributed by atoms with van der Waals surface area (Å²) in [5.74, 6) is 1.34. The lowest BCUT2D eigenvalue weighted by Gasteiger charge is -2.38. The smallest absolute Gasteiger partial charge is 0.129 e. The Bertz CT molecular complexity index is 442. The van der Waals surface area contributed by atoms with Crippen molar-refractivity contribution in [2.24, 2.45) is 5.92 Å². The van der Waals surface area contributed by atoms with Gasteiger partial charge in [-0.3, -0.25) is 0 Å². The summed E-state index contributed by atoms with van der Waals surface area (Å²) in [4.78, 5) is 0. The summed E-state index contributed by atoms with van der Waals surface area (Å²) in [6.07, 6.45) is 1.16. The Balaban J connectivity index is 2.03. The first-order valence-corrected chi connectivity index (χ1v) is 6.28. The SMILES string of the molecule is C=C1c2cc(Br)ccc2OC2COCCC12. The molecule has 84 valence electrons. The molecule has 0 saturated carbocycles. The fourth-order valence-electron chi connectivity index (χ4n) is 2.45. The molecule has 2 nitrogen and oxygen atoms in total. The van der Waals surface area contributed by atoms with E-state index in [1.807, 2.05) is 12.1 Å². The van der Waals surface area contributed by atoms with E-state index in [0.29, 0.717) is 12.5 Å². The third kappa shape index (κ3) is 1.59. The molecule has 3 heteroatoms. The third-order valence-electron chi connectivity index (χ3n) is 3.32. The first-order chi connectivity index (χ1) is 7.75. The standard InChI is InChI=1S/C13H13BrO2/c1-8-10-4-5-15-7-13(10)16-12-3-2-9(14)6-11(8)12/h2-3,6,10,13H,1,4-5,7H2. The van der Waals surface area contributed by atoms with Crippen LogP contribution in [0.25, 0.3) is 5.57 Å². The summed E-state index contributed by atoms with van der Waals surface area (Å²) in [5.41, 5.74) is 2.33. The topological polar surface area (TPSA) is 18.5 Å². The van der Waals surface area contributed by atoms with Gasteiger partial charge in [-0.05, 0) is 30.2 Å². The summed E-state index contributed by atoms with van der Waals surface area (Å²) in [6.45, 7) is 5.72. The average molecular weight is 281 g/mol. The van der Waals surface area contributed by atoms with Gasteiger partial charge in [0.25, 0.3) is 0 Å². The Morgan fingerprint density at radius 3 is 3.12 bits per heavy atom. The van der Waals surface area contributed by atoms with E-state index in [2.05, 4.69) is 28.6 Å². The summed E-state index contributed by atoms with van der Waals surface area (Å²) in [6, 6.07) is 6.08. The van der Waals surface area contributed by atoms with Gasteiger partial charge in [0.1, 0.15) is 11.9 Å². The highest BCUT2D eigenvalue weighted by Crippen LogP contribution is 2.42. The molecule has 0 aromatic heterocycles. The number of hydrogen-bond donors (Lipinski definition) is 0. The summed E-state index contributed by atoms with van der Waals surface area (Å²) >= 11 is 3.48. The van der Waals surface area contributed by atoms with E-state index in [-0.39, 0.29) is 6.10 Å². The first kappa shape index (κ1) is 10.4. The van der Waals surface area contributed by atoms with Crippen molar-refractivity contribution >= 4 is 21.5 Å². The van der Waals surface area contributed by atoms with E-state index in [0.717, 1.165) is 28.8 Å². The lowest BCUT2D eigenvalue weighted by atomic mass is 9.83. The Kier molecular flexibility index (Phi) is 2.52. The van der Waals surface area contributed by atoms with Crippen LogP contribution < -0.4 is 4.74 Å². The fourth-order valence-corrected chi connectivity index (χ4v) is 2.81. The van der Waals surface area contributed by atoms with Gasteiger partial charge in [-0.15, -0.1) is 0 Å². The lowest BCUT2D eigenvalue weighted by molar-refractivity contribution is -0.0180.